The van der Waals surface area contributed by atoms with Crippen LogP contribution in [0.5, 0.6) is 5.75 Å². The first-order chi connectivity index (χ1) is 13.6. The molecule has 0 amide bonds. The van der Waals surface area contributed by atoms with Crippen LogP contribution in [0.4, 0.5) is 0 Å². The molecule has 0 saturated carbocycles. The van der Waals surface area contributed by atoms with Crippen LogP contribution in [-0.2, 0) is 26.1 Å². The van der Waals surface area contributed by atoms with Crippen molar-refractivity contribution in [1.82, 2.24) is 4.90 Å². The first-order valence-corrected chi connectivity index (χ1v) is 9.18. The maximum Gasteiger partial charge on any atom is 0.336 e. The number of hydrogen-bond acceptors (Lipinski definition) is 6. The number of aryl methyl sites for hydroxylation is 1. The van der Waals surface area contributed by atoms with E-state index in [1.165, 1.54) is 12.1 Å². The normalized spacial score (nSPS) is 11.5. The number of furan rings is 2. The molecule has 4 rings (SSSR count). The van der Waals surface area contributed by atoms with Gasteiger partial charge in [-0.2, -0.15) is 0 Å². The lowest BCUT2D eigenvalue weighted by Gasteiger charge is -2.21. The molecule has 0 radical (unpaired) electrons. The summed E-state index contributed by atoms with van der Waals surface area (Å²) in [5.74, 6) is 1.79. The fourth-order valence-corrected chi connectivity index (χ4v) is 3.38. The molecular weight excluding hydrogens is 358 g/mol. The molecule has 0 spiro atoms. The Balaban J connectivity index is 1.72. The smallest absolute Gasteiger partial charge is 0.336 e. The number of aromatic hydroxyl groups is 1. The molecule has 0 aliphatic rings. The molecule has 1 N–H and O–H groups in total. The summed E-state index contributed by atoms with van der Waals surface area (Å²) < 4.78 is 16.3. The molecular formula is C22H21NO5. The molecule has 6 heteroatoms. The number of nitrogens with zero attached hydrogens (tertiary/aromatic N) is 1. The third-order valence-electron chi connectivity index (χ3n) is 4.72. The van der Waals surface area contributed by atoms with Crippen molar-refractivity contribution < 1.29 is 18.4 Å². The Morgan fingerprint density at radius 3 is 2.18 bits per heavy atom. The Morgan fingerprint density at radius 1 is 0.929 bits per heavy atom. The zero-order valence-electron chi connectivity index (χ0n) is 15.6. The molecule has 0 fully saturated rings. The molecule has 0 unspecified atom stereocenters. The van der Waals surface area contributed by atoms with E-state index in [2.05, 4.69) is 4.90 Å². The molecule has 0 saturated heterocycles. The van der Waals surface area contributed by atoms with Gasteiger partial charge in [-0.3, -0.25) is 4.90 Å². The molecule has 1 aromatic carbocycles. The van der Waals surface area contributed by atoms with Crippen LogP contribution in [0.15, 0.2) is 73.0 Å². The van der Waals surface area contributed by atoms with Gasteiger partial charge in [0.25, 0.3) is 0 Å². The second kappa shape index (κ2) is 7.78. The van der Waals surface area contributed by atoms with Crippen LogP contribution >= 0.6 is 0 Å². The van der Waals surface area contributed by atoms with E-state index in [-0.39, 0.29) is 5.75 Å². The maximum absolute atomic E-state index is 12.1. The van der Waals surface area contributed by atoms with Gasteiger partial charge in [0.15, 0.2) is 0 Å². The van der Waals surface area contributed by atoms with Crippen molar-refractivity contribution in [2.45, 2.75) is 33.0 Å². The summed E-state index contributed by atoms with van der Waals surface area (Å²) in [6.07, 6.45) is 3.97. The van der Waals surface area contributed by atoms with Crippen LogP contribution in [0, 0.1) is 0 Å². The van der Waals surface area contributed by atoms with Crippen LogP contribution in [0.25, 0.3) is 11.0 Å². The third kappa shape index (κ3) is 3.87. The van der Waals surface area contributed by atoms with E-state index in [4.69, 9.17) is 13.3 Å². The van der Waals surface area contributed by atoms with Gasteiger partial charge in [0.1, 0.15) is 22.9 Å². The summed E-state index contributed by atoms with van der Waals surface area (Å²) >= 11 is 0. The van der Waals surface area contributed by atoms with Gasteiger partial charge in [0.05, 0.1) is 25.6 Å². The van der Waals surface area contributed by atoms with Gasteiger partial charge in [-0.1, -0.05) is 6.92 Å². The standard InChI is InChI=1S/C22H21NO5/c1-2-15-9-19-16(10-22(25)28-21(19)11-20(15)24)12-23(13-17-5-3-7-26-17)14-18-6-4-8-27-18/h3-11,24H,2,12-14H2,1H3. The van der Waals surface area contributed by atoms with Crippen molar-refractivity contribution in [2.24, 2.45) is 0 Å². The number of phenolic OH excluding ortho intramolecular Hbond substituents is 1. The Morgan fingerprint density at radius 2 is 1.61 bits per heavy atom. The summed E-state index contributed by atoms with van der Waals surface area (Å²) in [7, 11) is 0. The van der Waals surface area contributed by atoms with Crippen LogP contribution < -0.4 is 5.63 Å². The SMILES string of the molecule is CCc1cc2c(CN(Cc3ccco3)Cc3ccco3)cc(=O)oc2cc1O. The average molecular weight is 379 g/mol. The van der Waals surface area contributed by atoms with Crippen molar-refractivity contribution in [3.63, 3.8) is 0 Å². The third-order valence-corrected chi connectivity index (χ3v) is 4.72. The number of phenols is 1. The highest BCUT2D eigenvalue weighted by Crippen LogP contribution is 2.28. The number of hydrogen-bond donors (Lipinski definition) is 1. The van der Waals surface area contributed by atoms with Crippen molar-refractivity contribution in [3.05, 3.63) is 88.1 Å². The number of fused-ring (bicyclic) bond motifs is 1. The highest BCUT2D eigenvalue weighted by molar-refractivity contribution is 5.82. The molecule has 0 bridgehead atoms. The molecule has 6 nitrogen and oxygen atoms in total. The van der Waals surface area contributed by atoms with Gasteiger partial charge in [-0.05, 0) is 47.9 Å². The largest absolute Gasteiger partial charge is 0.508 e. The second-order valence-electron chi connectivity index (χ2n) is 6.73. The van der Waals surface area contributed by atoms with E-state index < -0.39 is 5.63 Å². The van der Waals surface area contributed by atoms with E-state index >= 15 is 0 Å². The average Bonchev–Trinajstić information content (AvgIpc) is 3.35. The maximum atomic E-state index is 12.1. The van der Waals surface area contributed by atoms with E-state index in [1.54, 1.807) is 12.5 Å². The van der Waals surface area contributed by atoms with Crippen LogP contribution in [0.2, 0.25) is 0 Å². The van der Waals surface area contributed by atoms with Crippen molar-refractivity contribution in [2.75, 3.05) is 0 Å². The lowest BCUT2D eigenvalue weighted by molar-refractivity contribution is 0.210. The monoisotopic (exact) mass is 379 g/mol. The molecule has 0 atom stereocenters. The first-order valence-electron chi connectivity index (χ1n) is 9.18. The highest BCUT2D eigenvalue weighted by Gasteiger charge is 2.16. The zero-order valence-corrected chi connectivity index (χ0v) is 15.6. The predicted molar refractivity (Wildman–Crippen MR) is 104 cm³/mol. The molecule has 28 heavy (non-hydrogen) atoms. The van der Waals surface area contributed by atoms with Crippen LogP contribution in [0.3, 0.4) is 0 Å². The Hall–Kier alpha value is -3.25. The van der Waals surface area contributed by atoms with E-state index in [9.17, 15) is 9.90 Å². The second-order valence-corrected chi connectivity index (χ2v) is 6.73. The molecule has 144 valence electrons. The summed E-state index contributed by atoms with van der Waals surface area (Å²) in [6.45, 7) is 3.60. The van der Waals surface area contributed by atoms with E-state index in [0.29, 0.717) is 31.6 Å². The molecule has 3 aromatic heterocycles. The molecule has 0 aliphatic carbocycles. The van der Waals surface area contributed by atoms with E-state index in [1.807, 2.05) is 37.3 Å². The minimum absolute atomic E-state index is 0.137. The molecule has 3 heterocycles. The Kier molecular flexibility index (Phi) is 5.04. The summed E-state index contributed by atoms with van der Waals surface area (Å²) in [4.78, 5) is 14.2. The van der Waals surface area contributed by atoms with Gasteiger partial charge in [-0.25, -0.2) is 4.79 Å². The summed E-state index contributed by atoms with van der Waals surface area (Å²) in [6, 6.07) is 12.5. The zero-order chi connectivity index (χ0) is 19.5. The minimum atomic E-state index is -0.443. The van der Waals surface area contributed by atoms with Gasteiger partial charge in [-0.15, -0.1) is 0 Å². The number of benzene rings is 1. The summed E-state index contributed by atoms with van der Waals surface area (Å²) in [5, 5.41) is 10.9. The van der Waals surface area contributed by atoms with Gasteiger partial charge >= 0.3 is 5.63 Å². The molecule has 4 aromatic rings. The lowest BCUT2D eigenvalue weighted by atomic mass is 10.0. The topological polar surface area (TPSA) is 80.0 Å². The molecule has 0 aliphatic heterocycles. The van der Waals surface area contributed by atoms with E-state index in [0.717, 1.165) is 28.0 Å². The van der Waals surface area contributed by atoms with Gasteiger partial charge in [0.2, 0.25) is 0 Å². The Bertz CT molecular complexity index is 1070. The Labute approximate surface area is 161 Å². The fourth-order valence-electron chi connectivity index (χ4n) is 3.38. The predicted octanol–water partition coefficient (Wildman–Crippen LogP) is 4.45. The van der Waals surface area contributed by atoms with Crippen molar-refractivity contribution in [1.29, 1.82) is 0 Å². The quantitative estimate of drug-likeness (QED) is 0.478. The summed E-state index contributed by atoms with van der Waals surface area (Å²) in [5.41, 5.74) is 1.58. The first kappa shape index (κ1) is 18.1. The van der Waals surface area contributed by atoms with Crippen LogP contribution in [-0.4, -0.2) is 10.0 Å². The van der Waals surface area contributed by atoms with Crippen molar-refractivity contribution >= 4 is 11.0 Å². The fraction of sp³-hybridized carbons (Fsp3) is 0.227. The number of rotatable bonds is 7. The van der Waals surface area contributed by atoms with Crippen molar-refractivity contribution in [3.8, 4) is 5.75 Å². The minimum Gasteiger partial charge on any atom is -0.508 e. The van der Waals surface area contributed by atoms with Gasteiger partial charge < -0.3 is 18.4 Å². The lowest BCUT2D eigenvalue weighted by Crippen LogP contribution is -2.22. The van der Waals surface area contributed by atoms with Crippen LogP contribution in [0.1, 0.15) is 29.6 Å². The van der Waals surface area contributed by atoms with Gasteiger partial charge in [0, 0.05) is 24.1 Å². The highest BCUT2D eigenvalue weighted by atomic mass is 16.4.